The SMILES string of the molecule is Nc1ccc(C2Oc3ccccc3NC2=O)cc1. The number of hydrogen-bond donors (Lipinski definition) is 2. The van der Waals surface area contributed by atoms with Gasteiger partial charge >= 0.3 is 0 Å². The third-order valence-corrected chi connectivity index (χ3v) is 2.87. The first-order valence-electron chi connectivity index (χ1n) is 5.66. The minimum Gasteiger partial charge on any atom is -0.474 e. The van der Waals surface area contributed by atoms with Crippen LogP contribution < -0.4 is 15.8 Å². The topological polar surface area (TPSA) is 64.3 Å². The minimum absolute atomic E-state index is 0.168. The van der Waals surface area contributed by atoms with Gasteiger partial charge in [0.25, 0.3) is 5.91 Å². The van der Waals surface area contributed by atoms with Gasteiger partial charge in [0.15, 0.2) is 0 Å². The highest BCUT2D eigenvalue weighted by atomic mass is 16.5. The lowest BCUT2D eigenvalue weighted by molar-refractivity contribution is -0.123. The number of carbonyl (C=O) groups excluding carboxylic acids is 1. The van der Waals surface area contributed by atoms with E-state index >= 15 is 0 Å². The predicted octanol–water partition coefficient (Wildman–Crippen LogP) is 2.34. The van der Waals surface area contributed by atoms with E-state index in [0.717, 1.165) is 5.56 Å². The van der Waals surface area contributed by atoms with Crippen LogP contribution >= 0.6 is 0 Å². The van der Waals surface area contributed by atoms with E-state index in [0.29, 0.717) is 17.1 Å². The first-order valence-corrected chi connectivity index (χ1v) is 5.66. The maximum absolute atomic E-state index is 12.0. The zero-order valence-corrected chi connectivity index (χ0v) is 9.59. The Labute approximate surface area is 104 Å². The van der Waals surface area contributed by atoms with Gasteiger partial charge in [-0.15, -0.1) is 0 Å². The molecule has 0 saturated heterocycles. The molecule has 1 amide bonds. The number of nitrogens with one attached hydrogen (secondary N) is 1. The van der Waals surface area contributed by atoms with Crippen LogP contribution in [0.4, 0.5) is 11.4 Å². The van der Waals surface area contributed by atoms with Gasteiger partial charge in [0.2, 0.25) is 6.10 Å². The van der Waals surface area contributed by atoms with Crippen LogP contribution in [0.3, 0.4) is 0 Å². The number of amides is 1. The second kappa shape index (κ2) is 4.07. The Hall–Kier alpha value is -2.49. The maximum atomic E-state index is 12.0. The van der Waals surface area contributed by atoms with Crippen molar-refractivity contribution < 1.29 is 9.53 Å². The zero-order chi connectivity index (χ0) is 12.5. The fourth-order valence-electron chi connectivity index (χ4n) is 1.94. The summed E-state index contributed by atoms with van der Waals surface area (Å²) in [6.07, 6.45) is -0.625. The lowest BCUT2D eigenvalue weighted by atomic mass is 10.1. The van der Waals surface area contributed by atoms with E-state index in [1.165, 1.54) is 0 Å². The molecule has 0 radical (unpaired) electrons. The highest BCUT2D eigenvalue weighted by Gasteiger charge is 2.28. The summed E-state index contributed by atoms with van der Waals surface area (Å²) in [7, 11) is 0. The van der Waals surface area contributed by atoms with E-state index in [2.05, 4.69) is 5.32 Å². The normalized spacial score (nSPS) is 17.6. The molecule has 18 heavy (non-hydrogen) atoms. The van der Waals surface area contributed by atoms with Crippen molar-refractivity contribution in [1.29, 1.82) is 0 Å². The first kappa shape index (κ1) is 10.7. The number of benzene rings is 2. The highest BCUT2D eigenvalue weighted by Crippen LogP contribution is 2.34. The van der Waals surface area contributed by atoms with E-state index in [9.17, 15) is 4.79 Å². The number of anilines is 2. The average molecular weight is 240 g/mol. The van der Waals surface area contributed by atoms with Gasteiger partial charge < -0.3 is 15.8 Å². The lowest BCUT2D eigenvalue weighted by Crippen LogP contribution is -2.29. The number of hydrogen-bond acceptors (Lipinski definition) is 3. The third kappa shape index (κ3) is 1.78. The Balaban J connectivity index is 1.95. The molecule has 4 nitrogen and oxygen atoms in total. The summed E-state index contributed by atoms with van der Waals surface area (Å²) < 4.78 is 5.72. The van der Waals surface area contributed by atoms with Gasteiger partial charge in [-0.05, 0) is 24.3 Å². The van der Waals surface area contributed by atoms with Gasteiger partial charge in [-0.25, -0.2) is 0 Å². The second-order valence-corrected chi connectivity index (χ2v) is 4.15. The molecule has 90 valence electrons. The molecule has 1 atom stereocenters. The fraction of sp³-hybridized carbons (Fsp3) is 0.0714. The van der Waals surface area contributed by atoms with Gasteiger partial charge in [-0.3, -0.25) is 4.79 Å². The van der Waals surface area contributed by atoms with Crippen LogP contribution in [0.25, 0.3) is 0 Å². The quantitative estimate of drug-likeness (QED) is 0.752. The Morgan fingerprint density at radius 2 is 1.78 bits per heavy atom. The van der Waals surface area contributed by atoms with Crippen molar-refractivity contribution >= 4 is 17.3 Å². The Morgan fingerprint density at radius 1 is 1.06 bits per heavy atom. The Kier molecular flexibility index (Phi) is 2.41. The molecule has 1 aliphatic heterocycles. The number of nitrogens with two attached hydrogens (primary N) is 1. The molecule has 0 fully saturated rings. The standard InChI is InChI=1S/C14H12N2O2/c15-10-7-5-9(6-8-10)13-14(17)16-11-3-1-2-4-12(11)18-13/h1-8,13H,15H2,(H,16,17). The summed E-state index contributed by atoms with van der Waals surface area (Å²) >= 11 is 0. The molecule has 3 N–H and O–H groups in total. The molecule has 0 spiro atoms. The largest absolute Gasteiger partial charge is 0.474 e. The van der Waals surface area contributed by atoms with Crippen LogP contribution in [0, 0.1) is 0 Å². The van der Waals surface area contributed by atoms with Crippen molar-refractivity contribution in [3.8, 4) is 5.75 Å². The molecule has 0 aromatic heterocycles. The van der Waals surface area contributed by atoms with Crippen molar-refractivity contribution in [2.24, 2.45) is 0 Å². The molecule has 1 unspecified atom stereocenters. The van der Waals surface area contributed by atoms with E-state index in [1.807, 2.05) is 24.3 Å². The van der Waals surface area contributed by atoms with E-state index in [1.54, 1.807) is 24.3 Å². The number of para-hydroxylation sites is 2. The molecule has 0 aliphatic carbocycles. The summed E-state index contributed by atoms with van der Waals surface area (Å²) in [6, 6.07) is 14.5. The summed E-state index contributed by atoms with van der Waals surface area (Å²) in [4.78, 5) is 12.0. The smallest absolute Gasteiger partial charge is 0.270 e. The van der Waals surface area contributed by atoms with Crippen LogP contribution in [0.15, 0.2) is 48.5 Å². The number of ether oxygens (including phenoxy) is 1. The van der Waals surface area contributed by atoms with Gasteiger partial charge in [0.05, 0.1) is 5.69 Å². The monoisotopic (exact) mass is 240 g/mol. The van der Waals surface area contributed by atoms with Crippen LogP contribution in [0.2, 0.25) is 0 Å². The molecule has 1 aliphatic rings. The molecule has 2 aromatic carbocycles. The van der Waals surface area contributed by atoms with Crippen LogP contribution in [0.5, 0.6) is 5.75 Å². The molecular formula is C14H12N2O2. The zero-order valence-electron chi connectivity index (χ0n) is 9.59. The van der Waals surface area contributed by atoms with Crippen molar-refractivity contribution in [3.63, 3.8) is 0 Å². The molecule has 4 heteroatoms. The molecule has 3 rings (SSSR count). The second-order valence-electron chi connectivity index (χ2n) is 4.15. The minimum atomic E-state index is -0.625. The number of nitrogen functional groups attached to an aromatic ring is 1. The summed E-state index contributed by atoms with van der Waals surface area (Å²) in [5, 5.41) is 2.83. The molecule has 1 heterocycles. The van der Waals surface area contributed by atoms with Gasteiger partial charge in [-0.2, -0.15) is 0 Å². The van der Waals surface area contributed by atoms with Crippen molar-refractivity contribution in [1.82, 2.24) is 0 Å². The number of rotatable bonds is 1. The average Bonchev–Trinajstić information content (AvgIpc) is 2.39. The van der Waals surface area contributed by atoms with Gasteiger partial charge in [0, 0.05) is 11.3 Å². The molecular weight excluding hydrogens is 228 g/mol. The first-order chi connectivity index (χ1) is 8.74. The van der Waals surface area contributed by atoms with E-state index < -0.39 is 6.10 Å². The third-order valence-electron chi connectivity index (χ3n) is 2.87. The Bertz CT molecular complexity index is 593. The van der Waals surface area contributed by atoms with E-state index in [4.69, 9.17) is 10.5 Å². The summed E-state index contributed by atoms with van der Waals surface area (Å²) in [6.45, 7) is 0. The van der Waals surface area contributed by atoms with Crippen molar-refractivity contribution in [2.45, 2.75) is 6.10 Å². The molecule has 0 saturated carbocycles. The van der Waals surface area contributed by atoms with Crippen molar-refractivity contribution in [2.75, 3.05) is 11.1 Å². The highest BCUT2D eigenvalue weighted by molar-refractivity contribution is 5.98. The summed E-state index contributed by atoms with van der Waals surface area (Å²) in [5.74, 6) is 0.511. The van der Waals surface area contributed by atoms with Crippen LogP contribution in [-0.4, -0.2) is 5.91 Å². The van der Waals surface area contributed by atoms with Crippen LogP contribution in [-0.2, 0) is 4.79 Å². The van der Waals surface area contributed by atoms with Gasteiger partial charge in [0.1, 0.15) is 5.75 Å². The lowest BCUT2D eigenvalue weighted by Gasteiger charge is -2.25. The van der Waals surface area contributed by atoms with E-state index in [-0.39, 0.29) is 5.91 Å². The maximum Gasteiger partial charge on any atom is 0.270 e. The van der Waals surface area contributed by atoms with Crippen molar-refractivity contribution in [3.05, 3.63) is 54.1 Å². The fourth-order valence-corrected chi connectivity index (χ4v) is 1.94. The number of fused-ring (bicyclic) bond motifs is 1. The molecule has 2 aromatic rings. The predicted molar refractivity (Wildman–Crippen MR) is 69.3 cm³/mol. The molecule has 0 bridgehead atoms. The van der Waals surface area contributed by atoms with Crippen LogP contribution in [0.1, 0.15) is 11.7 Å². The van der Waals surface area contributed by atoms with Gasteiger partial charge in [-0.1, -0.05) is 24.3 Å². The summed E-state index contributed by atoms with van der Waals surface area (Å²) in [5.41, 5.74) is 7.78. The Morgan fingerprint density at radius 3 is 2.56 bits per heavy atom. The number of carbonyl (C=O) groups is 1.